The molecule has 3 aromatic heterocycles. The molecule has 0 fully saturated rings. The minimum absolute atomic E-state index is 0.00221. The fraction of sp³-hybridized carbons (Fsp3) is 0.222. The van der Waals surface area contributed by atoms with Gasteiger partial charge in [-0.2, -0.15) is 4.98 Å². The largest absolute Gasteiger partial charge is 0.369 e. The first-order valence-electron chi connectivity index (χ1n) is 8.67. The molecular weight excluding hydrogens is 346 g/mol. The Morgan fingerprint density at radius 3 is 3.00 bits per heavy atom. The molecule has 0 unspecified atom stereocenters. The Morgan fingerprint density at radius 2 is 2.11 bits per heavy atom. The molecule has 4 heterocycles. The number of hydrogen-bond acceptors (Lipinski definition) is 5. The first-order chi connectivity index (χ1) is 13.1. The number of imidazole rings is 1. The number of hydrogen-bond donors (Lipinski definition) is 3. The zero-order valence-electron chi connectivity index (χ0n) is 14.4. The van der Waals surface area contributed by atoms with Gasteiger partial charge in [-0.15, -0.1) is 0 Å². The van der Waals surface area contributed by atoms with E-state index >= 15 is 0 Å². The van der Waals surface area contributed by atoms with E-state index in [9.17, 15) is 9.59 Å². The molecule has 9 nitrogen and oxygen atoms in total. The lowest BCUT2D eigenvalue weighted by Crippen LogP contribution is -2.37. The van der Waals surface area contributed by atoms with Crippen molar-refractivity contribution in [3.63, 3.8) is 0 Å². The highest BCUT2D eigenvalue weighted by atomic mass is 16.2. The summed E-state index contributed by atoms with van der Waals surface area (Å²) in [6, 6.07) is 8.18. The lowest BCUT2D eigenvalue weighted by atomic mass is 10.0. The number of carbonyl (C=O) groups is 1. The molecule has 1 aliphatic heterocycles. The van der Waals surface area contributed by atoms with Gasteiger partial charge < -0.3 is 20.2 Å². The van der Waals surface area contributed by atoms with Gasteiger partial charge in [0.05, 0.1) is 12.9 Å². The van der Waals surface area contributed by atoms with E-state index in [1.54, 1.807) is 9.47 Å². The van der Waals surface area contributed by atoms with Crippen molar-refractivity contribution in [2.45, 2.75) is 19.5 Å². The smallest absolute Gasteiger partial charge is 0.280 e. The number of anilines is 1. The van der Waals surface area contributed by atoms with Crippen molar-refractivity contribution in [1.82, 2.24) is 29.4 Å². The van der Waals surface area contributed by atoms with E-state index in [2.05, 4.69) is 26.0 Å². The topological polar surface area (TPSA) is 126 Å². The standard InChI is InChI=1S/C18H17N7O2/c19-18-22-16-15(17(27)23-18)20-9-25(16)8-14(26)24-6-5-11-10-3-1-2-4-12(10)21-13(11)7-24/h1-4,9,21H,5-8H2,(H3,19,22,23,27). The quantitative estimate of drug-likeness (QED) is 0.485. The van der Waals surface area contributed by atoms with Gasteiger partial charge in [-0.05, 0) is 18.1 Å². The number of benzene rings is 1. The molecule has 0 atom stereocenters. The second-order valence-electron chi connectivity index (χ2n) is 6.69. The molecule has 136 valence electrons. The number of para-hydroxylation sites is 1. The van der Waals surface area contributed by atoms with Crippen LogP contribution in [0, 0.1) is 0 Å². The number of aromatic nitrogens is 5. The average molecular weight is 363 g/mol. The number of nitrogens with zero attached hydrogens (tertiary/aromatic N) is 4. The highest BCUT2D eigenvalue weighted by Gasteiger charge is 2.24. The molecule has 0 radical (unpaired) electrons. The van der Waals surface area contributed by atoms with Crippen LogP contribution in [0.5, 0.6) is 0 Å². The third-order valence-electron chi connectivity index (χ3n) is 5.03. The zero-order chi connectivity index (χ0) is 18.5. The van der Waals surface area contributed by atoms with E-state index in [0.29, 0.717) is 18.7 Å². The summed E-state index contributed by atoms with van der Waals surface area (Å²) < 4.78 is 1.56. The summed E-state index contributed by atoms with van der Waals surface area (Å²) in [5.74, 6) is -0.0540. The molecule has 4 aromatic rings. The Labute approximate surface area is 152 Å². The van der Waals surface area contributed by atoms with Crippen molar-refractivity contribution >= 4 is 33.9 Å². The maximum Gasteiger partial charge on any atom is 0.280 e. The SMILES string of the molecule is Nc1nc2c(ncn2CC(=O)N2CCc3c([nH]c4ccccc34)C2)c(=O)[nH]1. The second kappa shape index (κ2) is 5.70. The van der Waals surface area contributed by atoms with Gasteiger partial charge in [0.15, 0.2) is 11.2 Å². The summed E-state index contributed by atoms with van der Waals surface area (Å²) in [5, 5.41) is 1.22. The Hall–Kier alpha value is -3.62. The van der Waals surface area contributed by atoms with Gasteiger partial charge in [0.1, 0.15) is 6.54 Å². The van der Waals surface area contributed by atoms with E-state index < -0.39 is 5.56 Å². The summed E-state index contributed by atoms with van der Waals surface area (Å²) in [6.45, 7) is 1.24. The predicted molar refractivity (Wildman–Crippen MR) is 100.0 cm³/mol. The summed E-state index contributed by atoms with van der Waals surface area (Å²) >= 11 is 0. The molecule has 27 heavy (non-hydrogen) atoms. The maximum atomic E-state index is 12.8. The number of carbonyl (C=O) groups excluding carboxylic acids is 1. The summed E-state index contributed by atoms with van der Waals surface area (Å²) in [4.78, 5) is 40.5. The Balaban J connectivity index is 1.42. The van der Waals surface area contributed by atoms with Gasteiger partial charge in [0.2, 0.25) is 11.9 Å². The van der Waals surface area contributed by atoms with E-state index in [1.807, 2.05) is 18.2 Å². The van der Waals surface area contributed by atoms with Crippen LogP contribution in [0.3, 0.4) is 0 Å². The van der Waals surface area contributed by atoms with Crippen LogP contribution in [0.1, 0.15) is 11.3 Å². The van der Waals surface area contributed by atoms with Crippen LogP contribution in [-0.4, -0.2) is 41.9 Å². The molecule has 0 aliphatic carbocycles. The van der Waals surface area contributed by atoms with Gasteiger partial charge >= 0.3 is 0 Å². The molecule has 1 aromatic carbocycles. The number of nitrogen functional groups attached to an aromatic ring is 1. The molecule has 0 bridgehead atoms. The Bertz CT molecular complexity index is 1250. The van der Waals surface area contributed by atoms with Crippen LogP contribution in [-0.2, 0) is 24.3 Å². The van der Waals surface area contributed by atoms with Crippen molar-refractivity contribution in [1.29, 1.82) is 0 Å². The molecule has 1 aliphatic rings. The fourth-order valence-electron chi connectivity index (χ4n) is 3.74. The van der Waals surface area contributed by atoms with Crippen LogP contribution in [0.4, 0.5) is 5.95 Å². The molecule has 0 spiro atoms. The van der Waals surface area contributed by atoms with Gasteiger partial charge in [0.25, 0.3) is 5.56 Å². The lowest BCUT2D eigenvalue weighted by Gasteiger charge is -2.27. The van der Waals surface area contributed by atoms with E-state index in [-0.39, 0.29) is 23.9 Å². The normalized spacial score (nSPS) is 14.0. The summed E-state index contributed by atoms with van der Waals surface area (Å²) in [6.07, 6.45) is 2.25. The summed E-state index contributed by atoms with van der Waals surface area (Å²) in [5.41, 5.74) is 9.13. The molecule has 5 rings (SSSR count). The number of rotatable bonds is 2. The molecule has 0 saturated heterocycles. The average Bonchev–Trinajstić information content (AvgIpc) is 3.22. The van der Waals surface area contributed by atoms with Gasteiger partial charge in [-0.3, -0.25) is 14.6 Å². The Kier molecular flexibility index (Phi) is 3.30. The zero-order valence-corrected chi connectivity index (χ0v) is 14.4. The summed E-state index contributed by atoms with van der Waals surface area (Å²) in [7, 11) is 0. The highest BCUT2D eigenvalue weighted by Crippen LogP contribution is 2.27. The van der Waals surface area contributed by atoms with E-state index in [4.69, 9.17) is 5.73 Å². The van der Waals surface area contributed by atoms with Gasteiger partial charge in [-0.1, -0.05) is 18.2 Å². The van der Waals surface area contributed by atoms with Crippen molar-refractivity contribution in [3.8, 4) is 0 Å². The number of amides is 1. The number of nitrogens with two attached hydrogens (primary N) is 1. The third kappa shape index (κ3) is 2.47. The molecular formula is C18H17N7O2. The van der Waals surface area contributed by atoms with Crippen LogP contribution >= 0.6 is 0 Å². The molecule has 9 heteroatoms. The third-order valence-corrected chi connectivity index (χ3v) is 5.03. The highest BCUT2D eigenvalue weighted by molar-refractivity contribution is 5.86. The van der Waals surface area contributed by atoms with Crippen LogP contribution in [0.25, 0.3) is 22.1 Å². The lowest BCUT2D eigenvalue weighted by molar-refractivity contribution is -0.132. The monoisotopic (exact) mass is 363 g/mol. The fourth-order valence-corrected chi connectivity index (χ4v) is 3.74. The van der Waals surface area contributed by atoms with Crippen LogP contribution < -0.4 is 11.3 Å². The maximum absolute atomic E-state index is 12.8. The van der Waals surface area contributed by atoms with E-state index in [0.717, 1.165) is 17.6 Å². The molecule has 4 N–H and O–H groups in total. The number of nitrogens with one attached hydrogen (secondary N) is 2. The first-order valence-corrected chi connectivity index (χ1v) is 8.67. The number of fused-ring (bicyclic) bond motifs is 4. The van der Waals surface area contributed by atoms with Gasteiger partial charge in [0, 0.05) is 23.1 Å². The van der Waals surface area contributed by atoms with E-state index in [1.165, 1.54) is 17.3 Å². The van der Waals surface area contributed by atoms with Crippen molar-refractivity contribution in [3.05, 3.63) is 52.2 Å². The first kappa shape index (κ1) is 15.6. The van der Waals surface area contributed by atoms with Crippen molar-refractivity contribution in [2.75, 3.05) is 12.3 Å². The Morgan fingerprint density at radius 1 is 1.26 bits per heavy atom. The molecule has 1 amide bonds. The minimum atomic E-state index is -0.413. The predicted octanol–water partition coefficient (Wildman–Crippen LogP) is 0.768. The molecule has 0 saturated carbocycles. The van der Waals surface area contributed by atoms with Gasteiger partial charge in [-0.25, -0.2) is 4.98 Å². The number of H-pyrrole nitrogens is 2. The van der Waals surface area contributed by atoms with Crippen LogP contribution in [0.15, 0.2) is 35.4 Å². The second-order valence-corrected chi connectivity index (χ2v) is 6.69. The minimum Gasteiger partial charge on any atom is -0.369 e. The van der Waals surface area contributed by atoms with Crippen molar-refractivity contribution in [2.24, 2.45) is 0 Å². The van der Waals surface area contributed by atoms with Crippen molar-refractivity contribution < 1.29 is 4.79 Å². The van der Waals surface area contributed by atoms with Crippen LogP contribution in [0.2, 0.25) is 0 Å². The number of aromatic amines is 2.